The maximum atomic E-state index is 11.9. The molecule has 0 radical (unpaired) electrons. The fourth-order valence-corrected chi connectivity index (χ4v) is 1.73. The second-order valence-electron chi connectivity index (χ2n) is 4.78. The Morgan fingerprint density at radius 1 is 1.33 bits per heavy atom. The first-order valence-electron chi connectivity index (χ1n) is 6.86. The van der Waals surface area contributed by atoms with E-state index in [0.29, 0.717) is 23.6 Å². The number of benzene rings is 1. The Balaban J connectivity index is 0.00000400. The van der Waals surface area contributed by atoms with Crippen molar-refractivity contribution in [2.75, 3.05) is 26.0 Å². The molecule has 0 spiro atoms. The third-order valence-electron chi connectivity index (χ3n) is 2.65. The van der Waals surface area contributed by atoms with Crippen LogP contribution in [0.15, 0.2) is 18.2 Å². The average Bonchev–Trinajstić information content (AvgIpc) is 2.40. The quantitative estimate of drug-likeness (QED) is 0.724. The van der Waals surface area contributed by atoms with Gasteiger partial charge in [0.25, 0.3) is 0 Å². The molecule has 21 heavy (non-hydrogen) atoms. The fraction of sp³-hybridized carbons (Fsp3) is 0.533. The normalized spacial score (nSPS) is 9.95. The summed E-state index contributed by atoms with van der Waals surface area (Å²) in [5.41, 5.74) is 0.646. The number of ether oxygens (including phenoxy) is 2. The predicted molar refractivity (Wildman–Crippen MR) is 87.8 cm³/mol. The van der Waals surface area contributed by atoms with Crippen molar-refractivity contribution in [3.05, 3.63) is 18.2 Å². The number of hydrogen-bond donors (Lipinski definition) is 2. The number of carbonyl (C=O) groups excluding carboxylic acids is 1. The minimum atomic E-state index is -0.0258. The number of carbonyl (C=O) groups is 1. The molecule has 6 heteroatoms. The van der Waals surface area contributed by atoms with E-state index in [2.05, 4.69) is 10.6 Å². The van der Waals surface area contributed by atoms with E-state index in [1.807, 2.05) is 33.0 Å². The fourth-order valence-electron chi connectivity index (χ4n) is 1.73. The lowest BCUT2D eigenvalue weighted by Crippen LogP contribution is -2.16. The second kappa shape index (κ2) is 10.3. The van der Waals surface area contributed by atoms with Gasteiger partial charge in [0.2, 0.25) is 5.91 Å². The summed E-state index contributed by atoms with van der Waals surface area (Å²) in [5.74, 6) is 1.32. The Kier molecular flexibility index (Phi) is 9.58. The zero-order valence-corrected chi connectivity index (χ0v) is 13.9. The van der Waals surface area contributed by atoms with E-state index in [1.54, 1.807) is 13.2 Å². The van der Waals surface area contributed by atoms with E-state index in [1.165, 1.54) is 0 Å². The number of amides is 1. The lowest BCUT2D eigenvalue weighted by atomic mass is 10.2. The molecular formula is C15H25ClN2O3. The van der Waals surface area contributed by atoms with Crippen LogP contribution in [-0.2, 0) is 4.79 Å². The van der Waals surface area contributed by atoms with Crippen LogP contribution in [0.5, 0.6) is 11.5 Å². The number of nitrogens with one attached hydrogen (secondary N) is 2. The second-order valence-corrected chi connectivity index (χ2v) is 4.78. The van der Waals surface area contributed by atoms with Crippen LogP contribution in [-0.4, -0.2) is 32.7 Å². The van der Waals surface area contributed by atoms with Crippen LogP contribution in [0.25, 0.3) is 0 Å². The molecular weight excluding hydrogens is 292 g/mol. The molecule has 0 unspecified atom stereocenters. The molecule has 0 aliphatic heterocycles. The monoisotopic (exact) mass is 316 g/mol. The molecule has 0 bridgehead atoms. The number of hydrogen-bond acceptors (Lipinski definition) is 4. The molecule has 1 amide bonds. The summed E-state index contributed by atoms with van der Waals surface area (Å²) in [5, 5.41) is 5.90. The molecule has 0 fully saturated rings. The SMILES string of the molecule is CNCCCC(=O)Nc1cc(OC)ccc1OC(C)C.Cl. The maximum Gasteiger partial charge on any atom is 0.224 e. The summed E-state index contributed by atoms with van der Waals surface area (Å²) in [6.45, 7) is 4.71. The molecule has 2 N–H and O–H groups in total. The number of halogens is 1. The lowest BCUT2D eigenvalue weighted by molar-refractivity contribution is -0.116. The number of methoxy groups -OCH3 is 1. The molecule has 1 aromatic carbocycles. The first-order chi connectivity index (χ1) is 9.56. The van der Waals surface area contributed by atoms with Gasteiger partial charge in [0.15, 0.2) is 0 Å². The minimum absolute atomic E-state index is 0. The van der Waals surface area contributed by atoms with Crippen LogP contribution in [0.3, 0.4) is 0 Å². The Bertz CT molecular complexity index is 439. The summed E-state index contributed by atoms with van der Waals surface area (Å²) in [6.07, 6.45) is 1.31. The van der Waals surface area contributed by atoms with Crippen molar-refractivity contribution in [1.29, 1.82) is 0 Å². The average molecular weight is 317 g/mol. The predicted octanol–water partition coefficient (Wildman–Crippen LogP) is 2.84. The highest BCUT2D eigenvalue weighted by Gasteiger charge is 2.10. The van der Waals surface area contributed by atoms with E-state index in [9.17, 15) is 4.79 Å². The Hall–Kier alpha value is -1.46. The first kappa shape index (κ1) is 19.5. The van der Waals surface area contributed by atoms with Crippen LogP contribution >= 0.6 is 12.4 Å². The van der Waals surface area contributed by atoms with Crippen LogP contribution < -0.4 is 20.1 Å². The van der Waals surface area contributed by atoms with Crippen molar-refractivity contribution in [1.82, 2.24) is 5.32 Å². The molecule has 0 aliphatic carbocycles. The van der Waals surface area contributed by atoms with Gasteiger partial charge in [-0.15, -0.1) is 12.4 Å². The topological polar surface area (TPSA) is 59.6 Å². The molecule has 0 atom stereocenters. The van der Waals surface area contributed by atoms with Crippen LogP contribution in [0.4, 0.5) is 5.69 Å². The third kappa shape index (κ3) is 7.20. The van der Waals surface area contributed by atoms with E-state index in [0.717, 1.165) is 13.0 Å². The van der Waals surface area contributed by atoms with Gasteiger partial charge in [0, 0.05) is 12.5 Å². The molecule has 0 aromatic heterocycles. The van der Waals surface area contributed by atoms with Gasteiger partial charge in [0.1, 0.15) is 11.5 Å². The van der Waals surface area contributed by atoms with Crippen molar-refractivity contribution in [3.8, 4) is 11.5 Å². The molecule has 1 rings (SSSR count). The molecule has 5 nitrogen and oxygen atoms in total. The molecule has 120 valence electrons. The highest BCUT2D eigenvalue weighted by atomic mass is 35.5. The highest BCUT2D eigenvalue weighted by molar-refractivity contribution is 5.92. The summed E-state index contributed by atoms with van der Waals surface area (Å²) in [7, 11) is 3.46. The molecule has 0 heterocycles. The summed E-state index contributed by atoms with van der Waals surface area (Å²) < 4.78 is 10.9. The van der Waals surface area contributed by atoms with E-state index in [-0.39, 0.29) is 24.4 Å². The van der Waals surface area contributed by atoms with Crippen LogP contribution in [0, 0.1) is 0 Å². The van der Waals surface area contributed by atoms with Gasteiger partial charge in [-0.3, -0.25) is 4.79 Å². The van der Waals surface area contributed by atoms with Crippen molar-refractivity contribution in [2.24, 2.45) is 0 Å². The minimum Gasteiger partial charge on any atom is -0.497 e. The van der Waals surface area contributed by atoms with Crippen molar-refractivity contribution < 1.29 is 14.3 Å². The van der Waals surface area contributed by atoms with Crippen molar-refractivity contribution in [3.63, 3.8) is 0 Å². The zero-order chi connectivity index (χ0) is 15.0. The van der Waals surface area contributed by atoms with Gasteiger partial charge in [-0.1, -0.05) is 0 Å². The van der Waals surface area contributed by atoms with Gasteiger partial charge >= 0.3 is 0 Å². The van der Waals surface area contributed by atoms with Crippen LogP contribution in [0.1, 0.15) is 26.7 Å². The van der Waals surface area contributed by atoms with Gasteiger partial charge in [-0.25, -0.2) is 0 Å². The first-order valence-corrected chi connectivity index (χ1v) is 6.86. The number of anilines is 1. The summed E-state index contributed by atoms with van der Waals surface area (Å²) >= 11 is 0. The van der Waals surface area contributed by atoms with E-state index >= 15 is 0 Å². The van der Waals surface area contributed by atoms with Gasteiger partial charge in [-0.2, -0.15) is 0 Å². The smallest absolute Gasteiger partial charge is 0.224 e. The molecule has 0 aliphatic rings. The Morgan fingerprint density at radius 2 is 2.05 bits per heavy atom. The van der Waals surface area contributed by atoms with Crippen LogP contribution in [0.2, 0.25) is 0 Å². The Morgan fingerprint density at radius 3 is 2.62 bits per heavy atom. The van der Waals surface area contributed by atoms with E-state index in [4.69, 9.17) is 9.47 Å². The summed E-state index contributed by atoms with van der Waals surface area (Å²) in [4.78, 5) is 11.9. The largest absolute Gasteiger partial charge is 0.497 e. The van der Waals surface area contributed by atoms with Crippen molar-refractivity contribution in [2.45, 2.75) is 32.8 Å². The number of rotatable bonds is 8. The Labute approximate surface area is 132 Å². The van der Waals surface area contributed by atoms with Gasteiger partial charge in [0.05, 0.1) is 18.9 Å². The standard InChI is InChI=1S/C15H24N2O3.ClH/c1-11(2)20-14-8-7-12(19-4)10-13(14)17-15(18)6-5-9-16-3;/h7-8,10-11,16H,5-6,9H2,1-4H3,(H,17,18);1H. The molecule has 0 saturated carbocycles. The van der Waals surface area contributed by atoms with E-state index < -0.39 is 0 Å². The highest BCUT2D eigenvalue weighted by Crippen LogP contribution is 2.30. The molecule has 1 aromatic rings. The third-order valence-corrected chi connectivity index (χ3v) is 2.65. The zero-order valence-electron chi connectivity index (χ0n) is 13.1. The summed E-state index contributed by atoms with van der Waals surface area (Å²) in [6, 6.07) is 5.39. The van der Waals surface area contributed by atoms with Gasteiger partial charge < -0.3 is 20.1 Å². The van der Waals surface area contributed by atoms with Crippen molar-refractivity contribution >= 4 is 24.0 Å². The lowest BCUT2D eigenvalue weighted by Gasteiger charge is -2.16. The van der Waals surface area contributed by atoms with Gasteiger partial charge in [-0.05, 0) is 46.0 Å². The molecule has 0 saturated heterocycles. The maximum absolute atomic E-state index is 11.9.